The van der Waals surface area contributed by atoms with E-state index in [4.69, 9.17) is 20.9 Å². The third-order valence-electron chi connectivity index (χ3n) is 5.25. The molecule has 3 rings (SSSR count). The van der Waals surface area contributed by atoms with Gasteiger partial charge in [-0.25, -0.2) is 0 Å². The summed E-state index contributed by atoms with van der Waals surface area (Å²) in [6.45, 7) is 5.41. The summed E-state index contributed by atoms with van der Waals surface area (Å²) in [5.74, 6) is -1.57. The van der Waals surface area contributed by atoms with Gasteiger partial charge in [-0.3, -0.25) is 19.3 Å². The van der Waals surface area contributed by atoms with E-state index in [2.05, 4.69) is 9.69 Å². The molecule has 37 heavy (non-hydrogen) atoms. The van der Waals surface area contributed by atoms with Crippen molar-refractivity contribution in [2.45, 2.75) is 32.4 Å². The third-order valence-corrected chi connectivity index (χ3v) is 6.10. The number of nitrogens with one attached hydrogen (secondary N) is 1. The van der Waals surface area contributed by atoms with Crippen LogP contribution < -0.4 is 31.2 Å². The number of nitrogen functional groups attached to an aromatic ring is 1. The molecule has 11 nitrogen and oxygen atoms in total. The van der Waals surface area contributed by atoms with Crippen LogP contribution in [-0.4, -0.2) is 47.0 Å². The first kappa shape index (κ1) is 27.3. The van der Waals surface area contributed by atoms with E-state index in [1.807, 2.05) is 0 Å². The fourth-order valence-corrected chi connectivity index (χ4v) is 4.33. The number of carbonyl (C=O) groups is 3. The minimum absolute atomic E-state index is 0.0658. The number of methoxy groups -OCH3 is 2. The zero-order valence-corrected chi connectivity index (χ0v) is 21.9. The number of amides is 3. The third kappa shape index (κ3) is 5.92. The molecule has 0 aliphatic rings. The zero-order chi connectivity index (χ0) is 27.5. The van der Waals surface area contributed by atoms with Gasteiger partial charge in [0.1, 0.15) is 16.7 Å². The molecule has 0 aliphatic heterocycles. The molecule has 2 aromatic carbocycles. The maximum atomic E-state index is 14.0. The monoisotopic (exact) mass is 527 g/mol. The van der Waals surface area contributed by atoms with Gasteiger partial charge in [0.15, 0.2) is 17.2 Å². The molecule has 1 heterocycles. The minimum atomic E-state index is -1.24. The number of rotatable bonds is 8. The average molecular weight is 528 g/mol. The predicted molar refractivity (Wildman–Crippen MR) is 140 cm³/mol. The van der Waals surface area contributed by atoms with Crippen LogP contribution in [0.1, 0.15) is 52.5 Å². The van der Waals surface area contributed by atoms with Crippen LogP contribution in [0.15, 0.2) is 42.5 Å². The van der Waals surface area contributed by atoms with Gasteiger partial charge >= 0.3 is 0 Å². The summed E-state index contributed by atoms with van der Waals surface area (Å²) in [4.78, 5) is 40.7. The smallest absolute Gasteiger partial charge is 0.273 e. The Hall–Kier alpha value is -4.32. The van der Waals surface area contributed by atoms with E-state index in [-0.39, 0.29) is 27.8 Å². The van der Waals surface area contributed by atoms with E-state index < -0.39 is 29.3 Å². The van der Waals surface area contributed by atoms with Crippen molar-refractivity contribution in [2.75, 3.05) is 24.9 Å². The molecule has 0 unspecified atom stereocenters. The van der Waals surface area contributed by atoms with Crippen molar-refractivity contribution in [3.63, 3.8) is 0 Å². The Morgan fingerprint density at radius 2 is 1.73 bits per heavy atom. The minimum Gasteiger partial charge on any atom is -0.504 e. The molecule has 0 fully saturated rings. The summed E-state index contributed by atoms with van der Waals surface area (Å²) < 4.78 is 14.4. The summed E-state index contributed by atoms with van der Waals surface area (Å²) in [6.07, 6.45) is 0. The molecule has 6 N–H and O–H groups in total. The van der Waals surface area contributed by atoms with Gasteiger partial charge < -0.3 is 31.4 Å². The Morgan fingerprint density at radius 3 is 2.24 bits per heavy atom. The molecule has 3 aromatic rings. The maximum Gasteiger partial charge on any atom is 0.273 e. The number of anilines is 2. The van der Waals surface area contributed by atoms with E-state index in [9.17, 15) is 19.5 Å². The largest absolute Gasteiger partial charge is 0.504 e. The summed E-state index contributed by atoms with van der Waals surface area (Å²) >= 11 is 0.703. The lowest BCUT2D eigenvalue weighted by Crippen LogP contribution is -2.49. The van der Waals surface area contributed by atoms with Gasteiger partial charge in [0, 0.05) is 11.2 Å². The van der Waals surface area contributed by atoms with Gasteiger partial charge in [0.25, 0.3) is 11.8 Å². The van der Waals surface area contributed by atoms with Crippen molar-refractivity contribution < 1.29 is 29.0 Å². The lowest BCUT2D eigenvalue weighted by atomic mass is 9.99. The molecule has 1 aromatic heterocycles. The number of benzene rings is 2. The fourth-order valence-electron chi connectivity index (χ4n) is 3.58. The summed E-state index contributed by atoms with van der Waals surface area (Å²) in [6, 6.07) is 9.60. The highest BCUT2D eigenvalue weighted by Crippen LogP contribution is 2.37. The van der Waals surface area contributed by atoms with Crippen LogP contribution in [0.3, 0.4) is 0 Å². The van der Waals surface area contributed by atoms with Crippen LogP contribution in [0.2, 0.25) is 0 Å². The van der Waals surface area contributed by atoms with Gasteiger partial charge in [-0.1, -0.05) is 6.07 Å². The lowest BCUT2D eigenvalue weighted by molar-refractivity contribution is -0.123. The highest BCUT2D eigenvalue weighted by atomic mass is 32.1. The number of ether oxygens (including phenoxy) is 2. The second-order valence-corrected chi connectivity index (χ2v) is 9.86. The standard InChI is InChI=1S/C25H29N5O6S/c1-25(2,3)28-23(33)20(13-6-11-16(31)17(12-13)36-5)30(14-7-9-15(35-4)10-8-14)24(34)21-18(26)19(22(27)32)29-37-21/h6-12,20,31H,26H2,1-5H3,(H2,27,32)(H,28,33)/t20-/m1/s1. The van der Waals surface area contributed by atoms with Crippen LogP contribution in [0.25, 0.3) is 0 Å². The van der Waals surface area contributed by atoms with Crippen LogP contribution in [0.5, 0.6) is 17.2 Å². The van der Waals surface area contributed by atoms with Gasteiger partial charge in [0.05, 0.1) is 19.9 Å². The van der Waals surface area contributed by atoms with Gasteiger partial charge in [-0.2, -0.15) is 4.37 Å². The van der Waals surface area contributed by atoms with Gasteiger partial charge in [0.2, 0.25) is 5.91 Å². The first-order valence-electron chi connectivity index (χ1n) is 11.1. The second kappa shape index (κ2) is 10.7. The first-order chi connectivity index (χ1) is 17.4. The number of nitrogens with two attached hydrogens (primary N) is 2. The number of phenols is 1. The van der Waals surface area contributed by atoms with E-state index in [1.165, 1.54) is 37.3 Å². The second-order valence-electron chi connectivity index (χ2n) is 9.08. The molecule has 12 heteroatoms. The molecule has 0 saturated carbocycles. The molecular weight excluding hydrogens is 498 g/mol. The van der Waals surface area contributed by atoms with Gasteiger partial charge in [-0.05, 0) is 74.3 Å². The fraction of sp³-hybridized carbons (Fsp3) is 0.280. The zero-order valence-electron chi connectivity index (χ0n) is 21.1. The van der Waals surface area contributed by atoms with Crippen molar-refractivity contribution in [1.82, 2.24) is 9.69 Å². The molecule has 0 bridgehead atoms. The van der Waals surface area contributed by atoms with Crippen molar-refractivity contribution in [3.8, 4) is 17.2 Å². The van der Waals surface area contributed by atoms with Crippen molar-refractivity contribution in [1.29, 1.82) is 0 Å². The predicted octanol–water partition coefficient (Wildman–Crippen LogP) is 2.85. The molecule has 196 valence electrons. The number of hydrogen-bond acceptors (Lipinski definition) is 9. The quantitative estimate of drug-likeness (QED) is 0.346. The maximum absolute atomic E-state index is 14.0. The Bertz CT molecular complexity index is 1320. The number of carbonyl (C=O) groups excluding carboxylic acids is 3. The first-order valence-corrected chi connectivity index (χ1v) is 11.9. The number of hydrogen-bond donors (Lipinski definition) is 4. The van der Waals surface area contributed by atoms with Gasteiger partial charge in [-0.15, -0.1) is 0 Å². The Kier molecular flexibility index (Phi) is 7.92. The van der Waals surface area contributed by atoms with Crippen molar-refractivity contribution >= 4 is 40.6 Å². The van der Waals surface area contributed by atoms with Crippen molar-refractivity contribution in [3.05, 3.63) is 58.6 Å². The normalized spacial score (nSPS) is 11.9. The van der Waals surface area contributed by atoms with Crippen LogP contribution in [0, 0.1) is 0 Å². The Labute approximate surface area is 218 Å². The van der Waals surface area contributed by atoms with Crippen LogP contribution in [-0.2, 0) is 4.79 Å². The number of nitrogens with zero attached hydrogens (tertiary/aromatic N) is 2. The van der Waals surface area contributed by atoms with E-state index in [1.54, 1.807) is 45.0 Å². The van der Waals surface area contributed by atoms with E-state index in [0.717, 1.165) is 0 Å². The SMILES string of the molecule is COc1ccc(N(C(=O)c2snc(C(N)=O)c2N)[C@@H](C(=O)NC(C)(C)C)c2ccc(O)c(OC)c2)cc1. The molecule has 1 atom stereocenters. The van der Waals surface area contributed by atoms with E-state index >= 15 is 0 Å². The van der Waals surface area contributed by atoms with Crippen LogP contribution >= 0.6 is 11.5 Å². The lowest BCUT2D eigenvalue weighted by Gasteiger charge is -2.33. The number of primary amides is 1. The summed E-state index contributed by atoms with van der Waals surface area (Å²) in [7, 11) is 2.88. The van der Waals surface area contributed by atoms with Crippen LogP contribution in [0.4, 0.5) is 11.4 Å². The van der Waals surface area contributed by atoms with E-state index in [0.29, 0.717) is 28.5 Å². The molecular formula is C25H29N5O6S. The number of phenolic OH excluding ortho intramolecular Hbond substituents is 1. The summed E-state index contributed by atoms with van der Waals surface area (Å²) in [5.41, 5.74) is 11.0. The molecule has 0 aliphatic carbocycles. The van der Waals surface area contributed by atoms with Crippen molar-refractivity contribution in [2.24, 2.45) is 5.73 Å². The molecule has 0 saturated heterocycles. The Balaban J connectivity index is 2.27. The molecule has 0 radical (unpaired) electrons. The number of aromatic hydroxyl groups is 1. The highest BCUT2D eigenvalue weighted by molar-refractivity contribution is 7.09. The molecule has 0 spiro atoms. The highest BCUT2D eigenvalue weighted by Gasteiger charge is 2.37. The average Bonchev–Trinajstić information content (AvgIpc) is 3.23. The molecule has 3 amide bonds. The summed E-state index contributed by atoms with van der Waals surface area (Å²) in [5, 5.41) is 13.1. The topological polar surface area (TPSA) is 170 Å². The number of aromatic nitrogens is 1. The Morgan fingerprint density at radius 1 is 1.08 bits per heavy atom.